The molecule has 106 valence electrons. The molecule has 0 bridgehead atoms. The lowest BCUT2D eigenvalue weighted by atomic mass is 9.99. The van der Waals surface area contributed by atoms with Crippen molar-refractivity contribution >= 4 is 5.91 Å². The highest BCUT2D eigenvalue weighted by Crippen LogP contribution is 2.16. The minimum absolute atomic E-state index is 0.345. The molecule has 1 aliphatic rings. The average Bonchev–Trinajstić information content (AvgIpc) is 2.37. The summed E-state index contributed by atoms with van der Waals surface area (Å²) < 4.78 is 0. The monoisotopic (exact) mass is 254 g/mol. The zero-order valence-corrected chi connectivity index (χ0v) is 12.5. The second kappa shape index (κ2) is 8.52. The first-order chi connectivity index (χ1) is 8.67. The van der Waals surface area contributed by atoms with Gasteiger partial charge in [0, 0.05) is 26.1 Å². The van der Waals surface area contributed by atoms with Crippen molar-refractivity contribution in [1.29, 1.82) is 0 Å². The quantitative estimate of drug-likeness (QED) is 0.697. The molecule has 1 saturated heterocycles. The summed E-state index contributed by atoms with van der Waals surface area (Å²) in [6.07, 6.45) is 5.41. The standard InChI is InChI=1S/C15H30N2O/c1-4-9-17(10-5-2)15(18)8-13-16-11-6-14(3)7-12-16/h14H,4-13H2,1-3H3. The number of likely N-dealkylation sites (tertiary alicyclic amines) is 1. The second-order valence-corrected chi connectivity index (χ2v) is 5.65. The van der Waals surface area contributed by atoms with Gasteiger partial charge in [-0.05, 0) is 44.7 Å². The van der Waals surface area contributed by atoms with Crippen molar-refractivity contribution in [3.8, 4) is 0 Å². The van der Waals surface area contributed by atoms with E-state index in [1.54, 1.807) is 0 Å². The van der Waals surface area contributed by atoms with Gasteiger partial charge in [-0.1, -0.05) is 20.8 Å². The fraction of sp³-hybridized carbons (Fsp3) is 0.933. The molecular weight excluding hydrogens is 224 g/mol. The normalized spacial score (nSPS) is 17.9. The second-order valence-electron chi connectivity index (χ2n) is 5.65. The molecule has 1 aliphatic heterocycles. The summed E-state index contributed by atoms with van der Waals surface area (Å²) in [6, 6.07) is 0. The number of hydrogen-bond donors (Lipinski definition) is 0. The smallest absolute Gasteiger partial charge is 0.223 e. The molecule has 0 unspecified atom stereocenters. The SMILES string of the molecule is CCCN(CCC)C(=O)CCN1CCC(C)CC1. The summed E-state index contributed by atoms with van der Waals surface area (Å²) in [5, 5.41) is 0. The first kappa shape index (κ1) is 15.5. The van der Waals surface area contributed by atoms with Gasteiger partial charge in [0.05, 0.1) is 0 Å². The summed E-state index contributed by atoms with van der Waals surface area (Å²) in [4.78, 5) is 16.6. The van der Waals surface area contributed by atoms with E-state index < -0.39 is 0 Å². The molecule has 0 saturated carbocycles. The van der Waals surface area contributed by atoms with Crippen LogP contribution in [0.4, 0.5) is 0 Å². The van der Waals surface area contributed by atoms with E-state index in [9.17, 15) is 4.79 Å². The summed E-state index contributed by atoms with van der Waals surface area (Å²) in [5.41, 5.74) is 0. The molecule has 0 aromatic rings. The van der Waals surface area contributed by atoms with Crippen LogP contribution in [0.2, 0.25) is 0 Å². The first-order valence-electron chi connectivity index (χ1n) is 7.67. The van der Waals surface area contributed by atoms with Crippen LogP contribution in [0, 0.1) is 5.92 Å². The molecule has 0 spiro atoms. The maximum atomic E-state index is 12.1. The average molecular weight is 254 g/mol. The molecule has 1 heterocycles. The Morgan fingerprint density at radius 3 is 2.22 bits per heavy atom. The van der Waals surface area contributed by atoms with Crippen LogP contribution in [0.15, 0.2) is 0 Å². The van der Waals surface area contributed by atoms with Gasteiger partial charge < -0.3 is 9.80 Å². The van der Waals surface area contributed by atoms with Gasteiger partial charge in [-0.25, -0.2) is 0 Å². The molecule has 0 atom stereocenters. The minimum atomic E-state index is 0.345. The lowest BCUT2D eigenvalue weighted by Gasteiger charge is -2.30. The number of hydrogen-bond acceptors (Lipinski definition) is 2. The number of amides is 1. The third-order valence-corrected chi connectivity index (χ3v) is 3.86. The highest BCUT2D eigenvalue weighted by Gasteiger charge is 2.18. The summed E-state index contributed by atoms with van der Waals surface area (Å²) in [5.74, 6) is 1.21. The van der Waals surface area contributed by atoms with Crippen molar-refractivity contribution in [2.24, 2.45) is 5.92 Å². The van der Waals surface area contributed by atoms with E-state index in [-0.39, 0.29) is 0 Å². The third kappa shape index (κ3) is 5.38. The van der Waals surface area contributed by atoms with E-state index in [1.165, 1.54) is 25.9 Å². The molecule has 3 heteroatoms. The molecular formula is C15H30N2O. The number of nitrogens with zero attached hydrogens (tertiary/aromatic N) is 2. The molecule has 1 amide bonds. The van der Waals surface area contributed by atoms with Gasteiger partial charge in [0.25, 0.3) is 0 Å². The lowest BCUT2D eigenvalue weighted by molar-refractivity contribution is -0.131. The Kier molecular flexibility index (Phi) is 7.33. The van der Waals surface area contributed by atoms with Crippen LogP contribution in [0.25, 0.3) is 0 Å². The number of piperidine rings is 1. The van der Waals surface area contributed by atoms with Crippen LogP contribution >= 0.6 is 0 Å². The molecule has 1 rings (SSSR count). The number of rotatable bonds is 7. The predicted molar refractivity (Wildman–Crippen MR) is 76.6 cm³/mol. The Morgan fingerprint density at radius 2 is 1.72 bits per heavy atom. The van der Waals surface area contributed by atoms with Crippen LogP contribution in [-0.4, -0.2) is 48.4 Å². The zero-order valence-electron chi connectivity index (χ0n) is 12.5. The van der Waals surface area contributed by atoms with Gasteiger partial charge in [-0.3, -0.25) is 4.79 Å². The highest BCUT2D eigenvalue weighted by atomic mass is 16.2. The van der Waals surface area contributed by atoms with Crippen molar-refractivity contribution in [3.05, 3.63) is 0 Å². The molecule has 0 aromatic heterocycles. The topological polar surface area (TPSA) is 23.6 Å². The fourth-order valence-electron chi connectivity index (χ4n) is 2.60. The van der Waals surface area contributed by atoms with Crippen molar-refractivity contribution in [2.75, 3.05) is 32.7 Å². The van der Waals surface area contributed by atoms with Crippen LogP contribution < -0.4 is 0 Å². The Balaban J connectivity index is 2.25. The Morgan fingerprint density at radius 1 is 1.17 bits per heavy atom. The fourth-order valence-corrected chi connectivity index (χ4v) is 2.60. The van der Waals surface area contributed by atoms with Crippen molar-refractivity contribution in [3.63, 3.8) is 0 Å². The van der Waals surface area contributed by atoms with Crippen LogP contribution in [-0.2, 0) is 4.79 Å². The maximum absolute atomic E-state index is 12.1. The molecule has 3 nitrogen and oxygen atoms in total. The molecule has 18 heavy (non-hydrogen) atoms. The molecule has 0 aliphatic carbocycles. The van der Waals surface area contributed by atoms with Gasteiger partial charge in [0.15, 0.2) is 0 Å². The van der Waals surface area contributed by atoms with Gasteiger partial charge in [-0.15, -0.1) is 0 Å². The van der Waals surface area contributed by atoms with E-state index >= 15 is 0 Å². The minimum Gasteiger partial charge on any atom is -0.343 e. The third-order valence-electron chi connectivity index (χ3n) is 3.86. The van der Waals surface area contributed by atoms with Gasteiger partial charge in [-0.2, -0.15) is 0 Å². The van der Waals surface area contributed by atoms with E-state index in [2.05, 4.69) is 25.7 Å². The zero-order chi connectivity index (χ0) is 13.4. The maximum Gasteiger partial charge on any atom is 0.223 e. The van der Waals surface area contributed by atoms with E-state index in [0.717, 1.165) is 38.4 Å². The van der Waals surface area contributed by atoms with Crippen molar-refractivity contribution < 1.29 is 4.79 Å². The molecule has 0 N–H and O–H groups in total. The molecule has 1 fully saturated rings. The summed E-state index contributed by atoms with van der Waals surface area (Å²) >= 11 is 0. The van der Waals surface area contributed by atoms with Gasteiger partial charge in [0.2, 0.25) is 5.91 Å². The number of carbonyl (C=O) groups is 1. The largest absolute Gasteiger partial charge is 0.343 e. The summed E-state index contributed by atoms with van der Waals surface area (Å²) in [6.45, 7) is 11.8. The Labute approximate surface area is 113 Å². The number of carbonyl (C=O) groups excluding carboxylic acids is 1. The Hall–Kier alpha value is -0.570. The van der Waals surface area contributed by atoms with Crippen molar-refractivity contribution in [1.82, 2.24) is 9.80 Å². The Bertz CT molecular complexity index is 229. The predicted octanol–water partition coefficient (Wildman–Crippen LogP) is 2.76. The first-order valence-corrected chi connectivity index (χ1v) is 7.67. The van der Waals surface area contributed by atoms with Gasteiger partial charge >= 0.3 is 0 Å². The van der Waals surface area contributed by atoms with Crippen LogP contribution in [0.5, 0.6) is 0 Å². The molecule has 0 aromatic carbocycles. The lowest BCUT2D eigenvalue weighted by Crippen LogP contribution is -2.38. The van der Waals surface area contributed by atoms with E-state index in [4.69, 9.17) is 0 Å². The van der Waals surface area contributed by atoms with Gasteiger partial charge in [0.1, 0.15) is 0 Å². The van der Waals surface area contributed by atoms with E-state index in [1.807, 2.05) is 4.90 Å². The highest BCUT2D eigenvalue weighted by molar-refractivity contribution is 5.76. The summed E-state index contributed by atoms with van der Waals surface area (Å²) in [7, 11) is 0. The van der Waals surface area contributed by atoms with E-state index in [0.29, 0.717) is 12.3 Å². The van der Waals surface area contributed by atoms with Crippen LogP contribution in [0.3, 0.4) is 0 Å². The molecule has 0 radical (unpaired) electrons. The van der Waals surface area contributed by atoms with Crippen molar-refractivity contribution in [2.45, 2.75) is 52.9 Å². The van der Waals surface area contributed by atoms with Crippen LogP contribution in [0.1, 0.15) is 52.9 Å².